The summed E-state index contributed by atoms with van der Waals surface area (Å²) in [6.07, 6.45) is 1.39. The van der Waals surface area contributed by atoms with Crippen LogP contribution in [0.4, 0.5) is 5.69 Å². The first-order chi connectivity index (χ1) is 17.3. The summed E-state index contributed by atoms with van der Waals surface area (Å²) in [6, 6.07) is 24.9. The highest BCUT2D eigenvalue weighted by Crippen LogP contribution is 2.35. The van der Waals surface area contributed by atoms with Crippen LogP contribution in [0.2, 0.25) is 0 Å². The molecule has 0 aliphatic carbocycles. The summed E-state index contributed by atoms with van der Waals surface area (Å²) in [5.74, 6) is 1.96. The third-order valence-electron chi connectivity index (χ3n) is 6.34. The first-order valence-electron chi connectivity index (χ1n) is 12.8. The number of carbonyl (C=O) groups is 1. The van der Waals surface area contributed by atoms with Crippen LogP contribution in [-0.4, -0.2) is 44.7 Å². The average molecular weight is 489 g/mol. The first kappa shape index (κ1) is 27.1. The van der Waals surface area contributed by atoms with E-state index in [1.807, 2.05) is 70.1 Å². The van der Waals surface area contributed by atoms with E-state index in [1.165, 1.54) is 5.56 Å². The molecular formula is C31H40N2O3. The van der Waals surface area contributed by atoms with Gasteiger partial charge < -0.3 is 19.3 Å². The molecule has 0 N–H and O–H groups in total. The van der Waals surface area contributed by atoms with Gasteiger partial charge in [0.05, 0.1) is 13.2 Å². The van der Waals surface area contributed by atoms with Crippen LogP contribution < -0.4 is 14.4 Å². The number of amides is 1. The molecule has 0 unspecified atom stereocenters. The van der Waals surface area contributed by atoms with Gasteiger partial charge in [-0.2, -0.15) is 0 Å². The van der Waals surface area contributed by atoms with Gasteiger partial charge in [-0.25, -0.2) is 0 Å². The Hall–Kier alpha value is -3.47. The summed E-state index contributed by atoms with van der Waals surface area (Å²) < 4.78 is 11.6. The minimum absolute atomic E-state index is 0.0810. The first-order valence-corrected chi connectivity index (χ1v) is 12.8. The Kier molecular flexibility index (Phi) is 9.80. The lowest BCUT2D eigenvalue weighted by Gasteiger charge is -2.27. The standard InChI is InChI=1S/C31H40N2O3/c1-7-31(34)33(22-24-12-16-26(17-13-24)32(4)5)21-20-28(29-10-8-9-11-30(29)35-6)25-14-18-27(19-15-25)36-23(2)3/h8-19,23,28H,7,20-22H2,1-6H3/t28-/m1/s1. The van der Waals surface area contributed by atoms with Crippen LogP contribution in [0.5, 0.6) is 11.5 Å². The second kappa shape index (κ2) is 13.0. The number of hydrogen-bond acceptors (Lipinski definition) is 4. The van der Waals surface area contributed by atoms with Gasteiger partial charge in [0.2, 0.25) is 5.91 Å². The number of ether oxygens (including phenoxy) is 2. The number of rotatable bonds is 12. The fraction of sp³-hybridized carbons (Fsp3) is 0.387. The third-order valence-corrected chi connectivity index (χ3v) is 6.34. The summed E-state index contributed by atoms with van der Waals surface area (Å²) in [6.45, 7) is 7.22. The fourth-order valence-corrected chi connectivity index (χ4v) is 4.43. The van der Waals surface area contributed by atoms with E-state index in [1.54, 1.807) is 7.11 Å². The highest BCUT2D eigenvalue weighted by Gasteiger charge is 2.21. The molecule has 0 saturated heterocycles. The average Bonchev–Trinajstić information content (AvgIpc) is 2.88. The van der Waals surface area contributed by atoms with Crippen molar-refractivity contribution in [3.63, 3.8) is 0 Å². The Bertz CT molecular complexity index is 1090. The maximum Gasteiger partial charge on any atom is 0.222 e. The molecule has 5 heteroatoms. The lowest BCUT2D eigenvalue weighted by Crippen LogP contribution is -2.31. The van der Waals surface area contributed by atoms with E-state index < -0.39 is 0 Å². The van der Waals surface area contributed by atoms with Crippen molar-refractivity contribution in [3.8, 4) is 11.5 Å². The van der Waals surface area contributed by atoms with Gasteiger partial charge in [0.25, 0.3) is 0 Å². The highest BCUT2D eigenvalue weighted by atomic mass is 16.5. The molecule has 0 aliphatic heterocycles. The molecule has 1 atom stereocenters. The van der Waals surface area contributed by atoms with Crippen molar-refractivity contribution >= 4 is 11.6 Å². The van der Waals surface area contributed by atoms with Crippen molar-refractivity contribution in [2.45, 2.75) is 52.2 Å². The number of para-hydroxylation sites is 1. The van der Waals surface area contributed by atoms with Gasteiger partial charge in [-0.15, -0.1) is 0 Å². The molecule has 0 heterocycles. The van der Waals surface area contributed by atoms with E-state index >= 15 is 0 Å². The van der Waals surface area contributed by atoms with E-state index in [-0.39, 0.29) is 17.9 Å². The van der Waals surface area contributed by atoms with E-state index in [0.717, 1.165) is 34.7 Å². The van der Waals surface area contributed by atoms with Crippen LogP contribution in [0, 0.1) is 0 Å². The molecule has 192 valence electrons. The zero-order chi connectivity index (χ0) is 26.1. The molecule has 0 saturated carbocycles. The van der Waals surface area contributed by atoms with Gasteiger partial charge in [-0.05, 0) is 61.7 Å². The molecule has 3 rings (SSSR count). The topological polar surface area (TPSA) is 42.0 Å². The Labute approximate surface area is 216 Å². The molecule has 0 aromatic heterocycles. The monoisotopic (exact) mass is 488 g/mol. The summed E-state index contributed by atoms with van der Waals surface area (Å²) in [5, 5.41) is 0. The summed E-state index contributed by atoms with van der Waals surface area (Å²) in [5.41, 5.74) is 4.58. The maximum absolute atomic E-state index is 12.9. The summed E-state index contributed by atoms with van der Waals surface area (Å²) in [4.78, 5) is 17.0. The number of nitrogens with zero attached hydrogens (tertiary/aromatic N) is 2. The van der Waals surface area contributed by atoms with Gasteiger partial charge in [0.1, 0.15) is 11.5 Å². The Morgan fingerprint density at radius 2 is 1.58 bits per heavy atom. The number of benzene rings is 3. The number of hydrogen-bond donors (Lipinski definition) is 0. The summed E-state index contributed by atoms with van der Waals surface area (Å²) in [7, 11) is 5.77. The molecule has 0 radical (unpaired) electrons. The zero-order valence-corrected chi connectivity index (χ0v) is 22.5. The molecule has 0 bridgehead atoms. The van der Waals surface area contributed by atoms with E-state index in [2.05, 4.69) is 47.4 Å². The predicted octanol–water partition coefficient (Wildman–Crippen LogP) is 6.51. The van der Waals surface area contributed by atoms with Gasteiger partial charge >= 0.3 is 0 Å². The van der Waals surface area contributed by atoms with Crippen molar-refractivity contribution in [1.82, 2.24) is 4.90 Å². The van der Waals surface area contributed by atoms with Crippen molar-refractivity contribution in [2.24, 2.45) is 0 Å². The number of carbonyl (C=O) groups excluding carboxylic acids is 1. The Morgan fingerprint density at radius 1 is 0.917 bits per heavy atom. The Balaban J connectivity index is 1.86. The van der Waals surface area contributed by atoms with Gasteiger partial charge in [0.15, 0.2) is 0 Å². The third kappa shape index (κ3) is 7.27. The lowest BCUT2D eigenvalue weighted by molar-refractivity contribution is -0.131. The maximum atomic E-state index is 12.9. The van der Waals surface area contributed by atoms with Gasteiger partial charge in [0, 0.05) is 50.8 Å². The van der Waals surface area contributed by atoms with Crippen LogP contribution in [0.3, 0.4) is 0 Å². The molecule has 3 aromatic carbocycles. The van der Waals surface area contributed by atoms with Crippen molar-refractivity contribution < 1.29 is 14.3 Å². The SMILES string of the molecule is CCC(=O)N(CC[C@H](c1ccc(OC(C)C)cc1)c1ccccc1OC)Cc1ccc(N(C)C)cc1. The minimum Gasteiger partial charge on any atom is -0.496 e. The van der Waals surface area contributed by atoms with E-state index in [0.29, 0.717) is 19.5 Å². The molecule has 3 aromatic rings. The second-order valence-corrected chi connectivity index (χ2v) is 9.55. The van der Waals surface area contributed by atoms with Crippen molar-refractivity contribution in [2.75, 3.05) is 32.6 Å². The second-order valence-electron chi connectivity index (χ2n) is 9.55. The van der Waals surface area contributed by atoms with Crippen LogP contribution in [0.1, 0.15) is 56.2 Å². The van der Waals surface area contributed by atoms with Crippen LogP contribution >= 0.6 is 0 Å². The number of methoxy groups -OCH3 is 1. The lowest BCUT2D eigenvalue weighted by atomic mass is 9.87. The molecule has 0 spiro atoms. The molecule has 0 fully saturated rings. The van der Waals surface area contributed by atoms with Gasteiger partial charge in [-0.3, -0.25) is 4.79 Å². The quantitative estimate of drug-likeness (QED) is 0.291. The van der Waals surface area contributed by atoms with Crippen LogP contribution in [0.15, 0.2) is 72.8 Å². The van der Waals surface area contributed by atoms with E-state index in [4.69, 9.17) is 9.47 Å². The van der Waals surface area contributed by atoms with Crippen molar-refractivity contribution in [1.29, 1.82) is 0 Å². The van der Waals surface area contributed by atoms with Gasteiger partial charge in [-0.1, -0.05) is 49.4 Å². The Morgan fingerprint density at radius 3 is 2.17 bits per heavy atom. The molecule has 1 amide bonds. The van der Waals surface area contributed by atoms with E-state index in [9.17, 15) is 4.79 Å². The minimum atomic E-state index is 0.0810. The fourth-order valence-electron chi connectivity index (χ4n) is 4.43. The summed E-state index contributed by atoms with van der Waals surface area (Å²) >= 11 is 0. The largest absolute Gasteiger partial charge is 0.496 e. The molecule has 0 aliphatic rings. The molecule has 36 heavy (non-hydrogen) atoms. The molecular weight excluding hydrogens is 448 g/mol. The van der Waals surface area contributed by atoms with Crippen LogP contribution in [0.25, 0.3) is 0 Å². The van der Waals surface area contributed by atoms with Crippen molar-refractivity contribution in [3.05, 3.63) is 89.5 Å². The predicted molar refractivity (Wildman–Crippen MR) is 148 cm³/mol. The number of anilines is 1. The molecule has 5 nitrogen and oxygen atoms in total. The smallest absolute Gasteiger partial charge is 0.222 e. The normalized spacial score (nSPS) is 11.8. The van der Waals surface area contributed by atoms with Crippen LogP contribution in [-0.2, 0) is 11.3 Å². The zero-order valence-electron chi connectivity index (χ0n) is 22.5. The highest BCUT2D eigenvalue weighted by molar-refractivity contribution is 5.75.